The van der Waals surface area contributed by atoms with Crippen molar-refractivity contribution < 1.29 is 14.6 Å². The first-order valence-corrected chi connectivity index (χ1v) is 6.01. The van der Waals surface area contributed by atoms with E-state index in [1.54, 1.807) is 25.6 Å². The zero-order valence-electron chi connectivity index (χ0n) is 9.97. The molecule has 0 amide bonds. The minimum Gasteiger partial charge on any atom is -0.496 e. The Kier molecular flexibility index (Phi) is 5.76. The fraction of sp³-hybridized carbons (Fsp3) is 0.636. The maximum atomic E-state index is 9.58. The van der Waals surface area contributed by atoms with Crippen molar-refractivity contribution in [3.8, 4) is 5.75 Å². The number of methoxy groups -OCH3 is 2. The van der Waals surface area contributed by atoms with Crippen molar-refractivity contribution in [2.45, 2.75) is 12.6 Å². The lowest BCUT2D eigenvalue weighted by Crippen LogP contribution is -2.31. The first kappa shape index (κ1) is 13.4. The Balaban J connectivity index is 2.42. The van der Waals surface area contributed by atoms with Crippen LogP contribution in [0.3, 0.4) is 0 Å². The number of ether oxygens (including phenoxy) is 2. The highest BCUT2D eigenvalue weighted by atomic mass is 32.1. The summed E-state index contributed by atoms with van der Waals surface area (Å²) in [6.07, 6.45) is -0.444. The summed E-state index contributed by atoms with van der Waals surface area (Å²) in [5.74, 6) is 0.915. The Morgan fingerprint density at radius 2 is 2.25 bits per heavy atom. The number of rotatable bonds is 7. The van der Waals surface area contributed by atoms with Crippen molar-refractivity contribution in [3.63, 3.8) is 0 Å². The Morgan fingerprint density at radius 1 is 1.50 bits per heavy atom. The molecule has 1 aromatic rings. The first-order valence-electron chi connectivity index (χ1n) is 5.13. The quantitative estimate of drug-likeness (QED) is 0.783. The molecule has 1 heterocycles. The van der Waals surface area contributed by atoms with Gasteiger partial charge in [0.25, 0.3) is 0 Å². The van der Waals surface area contributed by atoms with E-state index in [0.29, 0.717) is 13.2 Å². The molecular weight excluding hydrogens is 226 g/mol. The second-order valence-corrected chi connectivity index (χ2v) is 4.72. The van der Waals surface area contributed by atoms with Gasteiger partial charge in [0.2, 0.25) is 0 Å². The lowest BCUT2D eigenvalue weighted by Gasteiger charge is -2.19. The number of aliphatic hydroxyl groups excluding tert-OH is 1. The lowest BCUT2D eigenvalue weighted by atomic mass is 10.3. The van der Waals surface area contributed by atoms with E-state index in [1.165, 1.54) is 4.88 Å². The van der Waals surface area contributed by atoms with E-state index < -0.39 is 6.10 Å². The smallest absolute Gasteiger partial charge is 0.134 e. The predicted octanol–water partition coefficient (Wildman–Crippen LogP) is 1.20. The third-order valence-corrected chi connectivity index (χ3v) is 3.11. The first-order chi connectivity index (χ1) is 7.67. The van der Waals surface area contributed by atoms with Gasteiger partial charge in [-0.25, -0.2) is 0 Å². The summed E-state index contributed by atoms with van der Waals surface area (Å²) < 4.78 is 10.1. The zero-order valence-corrected chi connectivity index (χ0v) is 10.8. The molecule has 16 heavy (non-hydrogen) atoms. The van der Waals surface area contributed by atoms with Crippen LogP contribution in [0.2, 0.25) is 0 Å². The summed E-state index contributed by atoms with van der Waals surface area (Å²) in [4.78, 5) is 3.23. The molecule has 0 saturated carbocycles. The van der Waals surface area contributed by atoms with Gasteiger partial charge in [-0.3, -0.25) is 4.90 Å². The molecule has 1 aromatic heterocycles. The molecule has 5 heteroatoms. The van der Waals surface area contributed by atoms with Crippen molar-refractivity contribution in [2.24, 2.45) is 0 Å². The summed E-state index contributed by atoms with van der Waals surface area (Å²) in [5.41, 5.74) is 0. The van der Waals surface area contributed by atoms with Crippen molar-refractivity contribution in [1.29, 1.82) is 0 Å². The van der Waals surface area contributed by atoms with E-state index >= 15 is 0 Å². The number of hydrogen-bond acceptors (Lipinski definition) is 5. The van der Waals surface area contributed by atoms with Crippen LogP contribution in [0.15, 0.2) is 11.4 Å². The molecule has 0 saturated heterocycles. The molecule has 0 aliphatic rings. The minimum absolute atomic E-state index is 0.367. The van der Waals surface area contributed by atoms with Gasteiger partial charge in [0.1, 0.15) is 5.75 Å². The number of nitrogens with zero attached hydrogens (tertiary/aromatic N) is 1. The molecule has 0 radical (unpaired) electrons. The summed E-state index contributed by atoms with van der Waals surface area (Å²) in [6.45, 7) is 1.74. The summed E-state index contributed by atoms with van der Waals surface area (Å²) in [6, 6.07) is 1.96. The average Bonchev–Trinajstić information content (AvgIpc) is 2.65. The van der Waals surface area contributed by atoms with Gasteiger partial charge in [-0.2, -0.15) is 0 Å². The van der Waals surface area contributed by atoms with E-state index in [0.717, 1.165) is 12.3 Å². The molecule has 0 bridgehead atoms. The molecule has 1 N–H and O–H groups in total. The average molecular weight is 245 g/mol. The van der Waals surface area contributed by atoms with E-state index in [-0.39, 0.29) is 0 Å². The van der Waals surface area contributed by atoms with Crippen LogP contribution in [0, 0.1) is 0 Å². The minimum atomic E-state index is -0.444. The Labute approximate surface area is 100 Å². The molecule has 92 valence electrons. The van der Waals surface area contributed by atoms with E-state index in [2.05, 4.69) is 4.90 Å². The highest BCUT2D eigenvalue weighted by Gasteiger charge is 2.11. The van der Waals surface area contributed by atoms with Crippen LogP contribution in [0.4, 0.5) is 0 Å². The van der Waals surface area contributed by atoms with Crippen molar-refractivity contribution in [1.82, 2.24) is 4.90 Å². The molecule has 1 rings (SSSR count). The maximum absolute atomic E-state index is 9.58. The predicted molar refractivity (Wildman–Crippen MR) is 65.1 cm³/mol. The van der Waals surface area contributed by atoms with Crippen molar-refractivity contribution in [3.05, 3.63) is 16.3 Å². The molecule has 0 spiro atoms. The van der Waals surface area contributed by atoms with Crippen molar-refractivity contribution >= 4 is 11.3 Å². The second-order valence-electron chi connectivity index (χ2n) is 3.72. The molecule has 0 aliphatic carbocycles. The molecule has 4 nitrogen and oxygen atoms in total. The number of aliphatic hydroxyl groups is 1. The van der Waals surface area contributed by atoms with Crippen molar-refractivity contribution in [2.75, 3.05) is 34.4 Å². The summed E-state index contributed by atoms with van der Waals surface area (Å²) >= 11 is 1.66. The van der Waals surface area contributed by atoms with Crippen LogP contribution in [-0.2, 0) is 11.3 Å². The van der Waals surface area contributed by atoms with Gasteiger partial charge >= 0.3 is 0 Å². The number of thiophene rings is 1. The fourth-order valence-corrected chi connectivity index (χ4v) is 2.46. The van der Waals surface area contributed by atoms with Gasteiger partial charge in [-0.05, 0) is 18.5 Å². The van der Waals surface area contributed by atoms with Gasteiger partial charge in [0, 0.05) is 20.2 Å². The SMILES string of the molecule is COCC(O)CN(C)Cc1sccc1OC. The summed E-state index contributed by atoms with van der Waals surface area (Å²) in [7, 11) is 5.23. The van der Waals surface area contributed by atoms with Crippen LogP contribution < -0.4 is 4.74 Å². The van der Waals surface area contributed by atoms with Gasteiger partial charge in [-0.1, -0.05) is 0 Å². The van der Waals surface area contributed by atoms with Crippen LogP contribution >= 0.6 is 11.3 Å². The number of likely N-dealkylation sites (N-methyl/N-ethyl adjacent to an activating group) is 1. The Hall–Kier alpha value is -0.620. The Morgan fingerprint density at radius 3 is 2.88 bits per heavy atom. The van der Waals surface area contributed by atoms with Gasteiger partial charge < -0.3 is 14.6 Å². The Bertz CT molecular complexity index is 303. The largest absolute Gasteiger partial charge is 0.496 e. The highest BCUT2D eigenvalue weighted by molar-refractivity contribution is 7.10. The molecule has 1 unspecified atom stereocenters. The highest BCUT2D eigenvalue weighted by Crippen LogP contribution is 2.25. The van der Waals surface area contributed by atoms with Crippen LogP contribution in [-0.4, -0.2) is 50.5 Å². The monoisotopic (exact) mass is 245 g/mol. The van der Waals surface area contributed by atoms with Gasteiger partial charge in [0.05, 0.1) is 24.7 Å². The standard InChI is InChI=1S/C11H19NO3S/c1-12(6-9(13)8-14-2)7-11-10(15-3)4-5-16-11/h4-5,9,13H,6-8H2,1-3H3. The number of hydrogen-bond donors (Lipinski definition) is 1. The van der Waals surface area contributed by atoms with Crippen LogP contribution in [0.25, 0.3) is 0 Å². The molecule has 0 aliphatic heterocycles. The molecule has 1 atom stereocenters. The lowest BCUT2D eigenvalue weighted by molar-refractivity contribution is 0.0419. The second kappa shape index (κ2) is 6.85. The topological polar surface area (TPSA) is 41.9 Å². The third kappa shape index (κ3) is 4.09. The van der Waals surface area contributed by atoms with E-state index in [4.69, 9.17) is 9.47 Å². The molecule has 0 fully saturated rings. The fourth-order valence-electron chi connectivity index (χ4n) is 1.54. The van der Waals surface area contributed by atoms with Gasteiger partial charge in [-0.15, -0.1) is 11.3 Å². The molecular formula is C11H19NO3S. The normalized spacial score (nSPS) is 13.1. The van der Waals surface area contributed by atoms with Crippen LogP contribution in [0.1, 0.15) is 4.88 Å². The maximum Gasteiger partial charge on any atom is 0.134 e. The van der Waals surface area contributed by atoms with Crippen LogP contribution in [0.5, 0.6) is 5.75 Å². The molecule has 0 aromatic carbocycles. The van der Waals surface area contributed by atoms with Gasteiger partial charge in [0.15, 0.2) is 0 Å². The third-order valence-electron chi connectivity index (χ3n) is 2.22. The van der Waals surface area contributed by atoms with E-state index in [1.807, 2.05) is 18.5 Å². The summed E-state index contributed by atoms with van der Waals surface area (Å²) in [5, 5.41) is 11.6. The zero-order chi connectivity index (χ0) is 12.0. The van der Waals surface area contributed by atoms with E-state index in [9.17, 15) is 5.11 Å².